The van der Waals surface area contributed by atoms with Gasteiger partial charge in [-0.15, -0.1) is 0 Å². The lowest BCUT2D eigenvalue weighted by atomic mass is 10.1. The smallest absolute Gasteiger partial charge is 0.188 e. The van der Waals surface area contributed by atoms with Gasteiger partial charge in [-0.05, 0) is 30.2 Å². The zero-order valence-electron chi connectivity index (χ0n) is 11.5. The minimum absolute atomic E-state index is 0.280. The number of imidazole rings is 1. The highest BCUT2D eigenvalue weighted by Gasteiger charge is 2.08. The molecule has 2 N–H and O–H groups in total. The molecule has 2 aromatic carbocycles. The first-order valence-corrected chi connectivity index (χ1v) is 6.93. The van der Waals surface area contributed by atoms with Crippen LogP contribution in [-0.4, -0.2) is 27.5 Å². The van der Waals surface area contributed by atoms with E-state index in [4.69, 9.17) is 5.11 Å². The van der Waals surface area contributed by atoms with Crippen molar-refractivity contribution in [2.45, 2.75) is 12.8 Å². The third kappa shape index (κ3) is 3.01. The summed E-state index contributed by atoms with van der Waals surface area (Å²) in [5, 5.41) is 8.90. The molecule has 106 valence electrons. The first-order chi connectivity index (χ1) is 10.3. The maximum absolute atomic E-state index is 11.5. The maximum atomic E-state index is 11.5. The molecule has 0 aliphatic rings. The molecule has 0 unspecified atom stereocenters. The quantitative estimate of drug-likeness (QED) is 0.706. The van der Waals surface area contributed by atoms with E-state index in [1.165, 1.54) is 5.56 Å². The van der Waals surface area contributed by atoms with E-state index in [1.54, 1.807) is 18.2 Å². The molecule has 0 saturated heterocycles. The predicted molar refractivity (Wildman–Crippen MR) is 81.4 cm³/mol. The van der Waals surface area contributed by atoms with Gasteiger partial charge in [0.05, 0.1) is 11.0 Å². The minimum Gasteiger partial charge on any atom is -0.388 e. The van der Waals surface area contributed by atoms with E-state index in [9.17, 15) is 4.79 Å². The standard InChI is InChI=1S/C17H16N2O2/c20-11-16(21)13-7-8-14-15(10-13)19-17(18-14)9-6-12-4-2-1-3-5-12/h1-5,7-8,10,20H,6,9,11H2,(H,18,19). The topological polar surface area (TPSA) is 66.0 Å². The Morgan fingerprint density at radius 2 is 1.90 bits per heavy atom. The van der Waals surface area contributed by atoms with Crippen LogP contribution in [0.5, 0.6) is 0 Å². The Bertz CT molecular complexity index is 763. The second kappa shape index (κ2) is 5.89. The molecule has 3 rings (SSSR count). The highest BCUT2D eigenvalue weighted by molar-refractivity contribution is 5.99. The highest BCUT2D eigenvalue weighted by atomic mass is 16.3. The van der Waals surface area contributed by atoms with Crippen molar-refractivity contribution in [3.05, 3.63) is 65.5 Å². The van der Waals surface area contributed by atoms with E-state index in [0.717, 1.165) is 29.7 Å². The molecule has 0 atom stereocenters. The number of nitrogens with one attached hydrogen (secondary N) is 1. The van der Waals surface area contributed by atoms with Gasteiger partial charge in [0, 0.05) is 12.0 Å². The number of fused-ring (bicyclic) bond motifs is 1. The van der Waals surface area contributed by atoms with E-state index in [-0.39, 0.29) is 5.78 Å². The van der Waals surface area contributed by atoms with Crippen molar-refractivity contribution in [1.82, 2.24) is 9.97 Å². The maximum Gasteiger partial charge on any atom is 0.188 e. The summed E-state index contributed by atoms with van der Waals surface area (Å²) in [6.45, 7) is -0.472. The average molecular weight is 280 g/mol. The summed E-state index contributed by atoms with van der Waals surface area (Å²) in [4.78, 5) is 19.3. The Morgan fingerprint density at radius 1 is 1.10 bits per heavy atom. The van der Waals surface area contributed by atoms with E-state index in [1.807, 2.05) is 18.2 Å². The monoisotopic (exact) mass is 280 g/mol. The second-order valence-corrected chi connectivity index (χ2v) is 4.98. The van der Waals surface area contributed by atoms with Crippen LogP contribution in [-0.2, 0) is 12.8 Å². The van der Waals surface area contributed by atoms with Crippen LogP contribution in [0.4, 0.5) is 0 Å². The van der Waals surface area contributed by atoms with Crippen LogP contribution in [0.3, 0.4) is 0 Å². The van der Waals surface area contributed by atoms with Gasteiger partial charge < -0.3 is 10.1 Å². The number of Topliss-reactive ketones (excluding diaryl/α,β-unsaturated/α-hetero) is 1. The zero-order valence-corrected chi connectivity index (χ0v) is 11.5. The van der Waals surface area contributed by atoms with Gasteiger partial charge in [-0.25, -0.2) is 4.98 Å². The number of carbonyl (C=O) groups excluding carboxylic acids is 1. The number of benzene rings is 2. The third-order valence-electron chi connectivity index (χ3n) is 3.49. The number of aryl methyl sites for hydroxylation is 2. The number of ketones is 1. The second-order valence-electron chi connectivity index (χ2n) is 4.98. The predicted octanol–water partition coefficient (Wildman–Crippen LogP) is 2.52. The lowest BCUT2D eigenvalue weighted by Gasteiger charge is -1.98. The Morgan fingerprint density at radius 3 is 2.67 bits per heavy atom. The molecule has 0 saturated carbocycles. The molecule has 3 aromatic rings. The van der Waals surface area contributed by atoms with E-state index in [2.05, 4.69) is 22.1 Å². The fourth-order valence-electron chi connectivity index (χ4n) is 2.35. The lowest BCUT2D eigenvalue weighted by Crippen LogP contribution is -2.03. The normalized spacial score (nSPS) is 10.9. The molecule has 0 aliphatic heterocycles. The largest absolute Gasteiger partial charge is 0.388 e. The number of aliphatic hydroxyl groups is 1. The van der Waals surface area contributed by atoms with Crippen molar-refractivity contribution < 1.29 is 9.90 Å². The van der Waals surface area contributed by atoms with Crippen LogP contribution in [0.2, 0.25) is 0 Å². The van der Waals surface area contributed by atoms with Crippen molar-refractivity contribution in [3.63, 3.8) is 0 Å². The van der Waals surface area contributed by atoms with Crippen LogP contribution >= 0.6 is 0 Å². The van der Waals surface area contributed by atoms with Crippen molar-refractivity contribution in [2.24, 2.45) is 0 Å². The van der Waals surface area contributed by atoms with Crippen LogP contribution in [0.1, 0.15) is 21.7 Å². The molecule has 0 aliphatic carbocycles. The van der Waals surface area contributed by atoms with Gasteiger partial charge in [-0.2, -0.15) is 0 Å². The van der Waals surface area contributed by atoms with Gasteiger partial charge in [0.1, 0.15) is 12.4 Å². The number of aliphatic hydroxyl groups excluding tert-OH is 1. The van der Waals surface area contributed by atoms with Crippen LogP contribution in [0.15, 0.2) is 48.5 Å². The molecule has 4 heteroatoms. The minimum atomic E-state index is -0.472. The number of nitrogens with zero attached hydrogens (tertiary/aromatic N) is 1. The van der Waals surface area contributed by atoms with Crippen molar-refractivity contribution in [2.75, 3.05) is 6.61 Å². The Hall–Kier alpha value is -2.46. The Labute approximate surface area is 122 Å². The van der Waals surface area contributed by atoms with Gasteiger partial charge in [0.2, 0.25) is 0 Å². The molecule has 1 heterocycles. The molecule has 21 heavy (non-hydrogen) atoms. The molecular weight excluding hydrogens is 264 g/mol. The molecule has 1 aromatic heterocycles. The van der Waals surface area contributed by atoms with Gasteiger partial charge in [0.25, 0.3) is 0 Å². The van der Waals surface area contributed by atoms with Gasteiger partial charge >= 0.3 is 0 Å². The summed E-state index contributed by atoms with van der Waals surface area (Å²) in [6.07, 6.45) is 1.74. The fourth-order valence-corrected chi connectivity index (χ4v) is 2.35. The van der Waals surface area contributed by atoms with Crippen LogP contribution in [0.25, 0.3) is 11.0 Å². The van der Waals surface area contributed by atoms with E-state index in [0.29, 0.717) is 5.56 Å². The number of H-pyrrole nitrogens is 1. The number of hydrogen-bond acceptors (Lipinski definition) is 3. The number of aromatic nitrogens is 2. The summed E-state index contributed by atoms with van der Waals surface area (Å²) < 4.78 is 0. The molecule has 0 fully saturated rings. The molecule has 0 amide bonds. The zero-order chi connectivity index (χ0) is 14.7. The van der Waals surface area contributed by atoms with E-state index < -0.39 is 6.61 Å². The molecule has 0 bridgehead atoms. The SMILES string of the molecule is O=C(CO)c1ccc2nc(CCc3ccccc3)[nH]c2c1. The van der Waals surface area contributed by atoms with Crippen LogP contribution in [0, 0.1) is 0 Å². The number of aromatic amines is 1. The summed E-state index contributed by atoms with van der Waals surface area (Å²) >= 11 is 0. The first kappa shape index (κ1) is 13.5. The molecular formula is C17H16N2O2. The number of hydrogen-bond donors (Lipinski definition) is 2. The third-order valence-corrected chi connectivity index (χ3v) is 3.49. The summed E-state index contributed by atoms with van der Waals surface area (Å²) in [7, 11) is 0. The summed E-state index contributed by atoms with van der Waals surface area (Å²) in [6, 6.07) is 15.5. The van der Waals surface area contributed by atoms with Gasteiger partial charge in [-0.1, -0.05) is 30.3 Å². The van der Waals surface area contributed by atoms with Gasteiger partial charge in [-0.3, -0.25) is 4.79 Å². The average Bonchev–Trinajstić information content (AvgIpc) is 2.95. The first-order valence-electron chi connectivity index (χ1n) is 6.93. The van der Waals surface area contributed by atoms with Crippen molar-refractivity contribution in [1.29, 1.82) is 0 Å². The Balaban J connectivity index is 1.79. The van der Waals surface area contributed by atoms with Gasteiger partial charge in [0.15, 0.2) is 5.78 Å². The number of carbonyl (C=O) groups is 1. The van der Waals surface area contributed by atoms with Crippen molar-refractivity contribution in [3.8, 4) is 0 Å². The van der Waals surface area contributed by atoms with Crippen LogP contribution < -0.4 is 0 Å². The molecule has 4 nitrogen and oxygen atoms in total. The summed E-state index contributed by atoms with van der Waals surface area (Å²) in [5.74, 6) is 0.625. The molecule has 0 radical (unpaired) electrons. The van der Waals surface area contributed by atoms with E-state index >= 15 is 0 Å². The Kier molecular flexibility index (Phi) is 3.79. The molecule has 0 spiro atoms. The highest BCUT2D eigenvalue weighted by Crippen LogP contribution is 2.15. The number of rotatable bonds is 5. The fraction of sp³-hybridized carbons (Fsp3) is 0.176. The lowest BCUT2D eigenvalue weighted by molar-refractivity contribution is 0.0904. The summed E-state index contributed by atoms with van der Waals surface area (Å²) in [5.41, 5.74) is 3.45. The van der Waals surface area contributed by atoms with Crippen molar-refractivity contribution >= 4 is 16.8 Å².